The Balaban J connectivity index is 1.82. The summed E-state index contributed by atoms with van der Waals surface area (Å²) in [5, 5.41) is 0. The van der Waals surface area contributed by atoms with Gasteiger partial charge in [-0.3, -0.25) is 4.79 Å². The molecule has 20 heavy (non-hydrogen) atoms. The lowest BCUT2D eigenvalue weighted by Crippen LogP contribution is -2.09. The first-order valence-corrected chi connectivity index (χ1v) is 7.08. The van der Waals surface area contributed by atoms with Gasteiger partial charge in [-0.25, -0.2) is 4.39 Å². The molecule has 0 saturated carbocycles. The second kappa shape index (κ2) is 7.20. The average Bonchev–Trinajstić information content (AvgIpc) is 2.44. The van der Waals surface area contributed by atoms with Gasteiger partial charge in [-0.15, -0.1) is 0 Å². The molecule has 2 aromatic carbocycles. The van der Waals surface area contributed by atoms with Crippen molar-refractivity contribution in [3.8, 4) is 5.75 Å². The highest BCUT2D eigenvalue weighted by atomic mass is 79.9. The molecule has 0 radical (unpaired) electrons. The van der Waals surface area contributed by atoms with E-state index in [9.17, 15) is 9.18 Å². The molecule has 0 amide bonds. The molecule has 2 nitrogen and oxygen atoms in total. The number of halogens is 2. The van der Waals surface area contributed by atoms with E-state index < -0.39 is 0 Å². The predicted octanol–water partition coefficient (Wildman–Crippen LogP) is 4.17. The molecule has 0 aromatic heterocycles. The van der Waals surface area contributed by atoms with Crippen molar-refractivity contribution >= 4 is 21.7 Å². The second-order valence-electron chi connectivity index (χ2n) is 4.36. The summed E-state index contributed by atoms with van der Waals surface area (Å²) in [5.74, 6) is 0.427. The van der Waals surface area contributed by atoms with Crippen molar-refractivity contribution < 1.29 is 13.9 Å². The molecule has 0 unspecified atom stereocenters. The van der Waals surface area contributed by atoms with Crippen molar-refractivity contribution in [1.29, 1.82) is 0 Å². The first kappa shape index (κ1) is 14.7. The summed E-state index contributed by atoms with van der Waals surface area (Å²) in [5.41, 5.74) is 0.662. The van der Waals surface area contributed by atoms with Gasteiger partial charge in [0.1, 0.15) is 17.3 Å². The van der Waals surface area contributed by atoms with Crippen molar-refractivity contribution in [2.24, 2.45) is 0 Å². The van der Waals surface area contributed by atoms with Crippen LogP contribution >= 0.6 is 15.9 Å². The van der Waals surface area contributed by atoms with E-state index in [0.29, 0.717) is 18.6 Å². The molecular weight excluding hydrogens is 323 g/mol. The van der Waals surface area contributed by atoms with Crippen LogP contribution in [0.1, 0.15) is 12.0 Å². The zero-order chi connectivity index (χ0) is 14.4. The summed E-state index contributed by atoms with van der Waals surface area (Å²) >= 11 is 3.31. The van der Waals surface area contributed by atoms with Gasteiger partial charge in [-0.2, -0.15) is 0 Å². The van der Waals surface area contributed by atoms with Crippen LogP contribution in [0.15, 0.2) is 53.0 Å². The number of rotatable bonds is 6. The van der Waals surface area contributed by atoms with Gasteiger partial charge in [0.25, 0.3) is 0 Å². The molecule has 0 atom stereocenters. The van der Waals surface area contributed by atoms with Crippen LogP contribution in [0, 0.1) is 5.82 Å². The molecule has 0 heterocycles. The molecule has 2 aromatic rings. The summed E-state index contributed by atoms with van der Waals surface area (Å²) in [4.78, 5) is 11.8. The smallest absolute Gasteiger partial charge is 0.140 e. The maximum Gasteiger partial charge on any atom is 0.140 e. The number of hydrogen-bond acceptors (Lipinski definition) is 2. The summed E-state index contributed by atoms with van der Waals surface area (Å²) in [7, 11) is 0. The molecule has 2 rings (SSSR count). The fourth-order valence-electron chi connectivity index (χ4n) is 1.78. The van der Waals surface area contributed by atoms with E-state index in [1.807, 2.05) is 30.3 Å². The van der Waals surface area contributed by atoms with Crippen molar-refractivity contribution in [2.75, 3.05) is 6.61 Å². The first-order valence-electron chi connectivity index (χ1n) is 6.28. The summed E-state index contributed by atoms with van der Waals surface area (Å²) in [6.45, 7) is 0.329. The van der Waals surface area contributed by atoms with Gasteiger partial charge in [0, 0.05) is 17.3 Å². The highest BCUT2D eigenvalue weighted by molar-refractivity contribution is 9.10. The highest BCUT2D eigenvalue weighted by Gasteiger charge is 2.08. The molecule has 104 valence electrons. The fraction of sp³-hybridized carbons (Fsp3) is 0.188. The predicted molar refractivity (Wildman–Crippen MR) is 79.4 cm³/mol. The third-order valence-corrected chi connectivity index (χ3v) is 3.56. The van der Waals surface area contributed by atoms with Gasteiger partial charge in [-0.1, -0.05) is 34.1 Å². The van der Waals surface area contributed by atoms with Crippen molar-refractivity contribution in [2.45, 2.75) is 12.8 Å². The number of carbonyl (C=O) groups is 1. The number of ketones is 1. The maximum absolute atomic E-state index is 13.1. The van der Waals surface area contributed by atoms with Crippen LogP contribution < -0.4 is 4.74 Å². The van der Waals surface area contributed by atoms with E-state index in [-0.39, 0.29) is 18.0 Å². The van der Waals surface area contributed by atoms with Crippen molar-refractivity contribution in [3.05, 3.63) is 64.4 Å². The molecule has 0 N–H and O–H groups in total. The summed E-state index contributed by atoms with van der Waals surface area (Å²) in [6, 6.07) is 13.7. The van der Waals surface area contributed by atoms with E-state index in [1.165, 1.54) is 12.1 Å². The van der Waals surface area contributed by atoms with Crippen LogP contribution in [0.4, 0.5) is 4.39 Å². The van der Waals surface area contributed by atoms with Gasteiger partial charge in [0.15, 0.2) is 0 Å². The monoisotopic (exact) mass is 336 g/mol. The minimum absolute atomic E-state index is 0.0206. The minimum atomic E-state index is -0.337. The van der Waals surface area contributed by atoms with Crippen LogP contribution in [-0.2, 0) is 11.2 Å². The number of hydrogen-bond donors (Lipinski definition) is 0. The molecule has 0 bridgehead atoms. The van der Waals surface area contributed by atoms with E-state index in [1.54, 1.807) is 6.07 Å². The Morgan fingerprint density at radius 3 is 2.65 bits per heavy atom. The second-order valence-corrected chi connectivity index (χ2v) is 5.22. The highest BCUT2D eigenvalue weighted by Crippen LogP contribution is 2.19. The van der Waals surface area contributed by atoms with Gasteiger partial charge in [-0.05, 0) is 35.9 Å². The third-order valence-electron chi connectivity index (χ3n) is 2.79. The van der Waals surface area contributed by atoms with Crippen molar-refractivity contribution in [1.82, 2.24) is 0 Å². The van der Waals surface area contributed by atoms with Crippen LogP contribution in [-0.4, -0.2) is 12.4 Å². The lowest BCUT2D eigenvalue weighted by atomic mass is 10.1. The fourth-order valence-corrected chi connectivity index (χ4v) is 2.17. The molecule has 0 aliphatic carbocycles. The van der Waals surface area contributed by atoms with Gasteiger partial charge in [0.05, 0.1) is 6.61 Å². The Hall–Kier alpha value is -1.68. The molecule has 0 saturated heterocycles. The van der Waals surface area contributed by atoms with Crippen LogP contribution in [0.2, 0.25) is 0 Å². The molecule has 4 heteroatoms. The summed E-state index contributed by atoms with van der Waals surface area (Å²) in [6.07, 6.45) is 0.508. The molecule has 0 aliphatic heterocycles. The number of para-hydroxylation sites is 1. The van der Waals surface area contributed by atoms with Gasteiger partial charge >= 0.3 is 0 Å². The topological polar surface area (TPSA) is 26.3 Å². The van der Waals surface area contributed by atoms with E-state index in [0.717, 1.165) is 10.2 Å². The largest absolute Gasteiger partial charge is 0.493 e. The summed E-state index contributed by atoms with van der Waals surface area (Å²) < 4.78 is 19.3. The SMILES string of the molecule is O=C(CCOc1ccccc1)Cc1cc(F)ccc1Br. The Morgan fingerprint density at radius 2 is 1.90 bits per heavy atom. The van der Waals surface area contributed by atoms with E-state index >= 15 is 0 Å². The maximum atomic E-state index is 13.1. The lowest BCUT2D eigenvalue weighted by Gasteiger charge is -2.06. The Kier molecular flexibility index (Phi) is 5.30. The average molecular weight is 337 g/mol. The Morgan fingerprint density at radius 1 is 1.15 bits per heavy atom. The number of benzene rings is 2. The van der Waals surface area contributed by atoms with Crippen LogP contribution in [0.5, 0.6) is 5.75 Å². The number of ether oxygens (including phenoxy) is 1. The quantitative estimate of drug-likeness (QED) is 0.791. The van der Waals surface area contributed by atoms with Gasteiger partial charge in [0.2, 0.25) is 0 Å². The number of carbonyl (C=O) groups excluding carboxylic acids is 1. The molecule has 0 spiro atoms. The third kappa shape index (κ3) is 4.46. The standard InChI is InChI=1S/C16H14BrFO2/c17-16-7-6-13(18)10-12(16)11-14(19)8-9-20-15-4-2-1-3-5-15/h1-7,10H,8-9,11H2. The molecule has 0 fully saturated rings. The molecular formula is C16H14BrFO2. The van der Waals surface area contributed by atoms with Crippen molar-refractivity contribution in [3.63, 3.8) is 0 Å². The van der Waals surface area contributed by atoms with Gasteiger partial charge < -0.3 is 4.74 Å². The zero-order valence-corrected chi connectivity index (χ0v) is 12.4. The van der Waals surface area contributed by atoms with E-state index in [2.05, 4.69) is 15.9 Å². The van der Waals surface area contributed by atoms with E-state index in [4.69, 9.17) is 4.74 Å². The normalized spacial score (nSPS) is 10.3. The first-order chi connectivity index (χ1) is 9.65. The molecule has 0 aliphatic rings. The zero-order valence-electron chi connectivity index (χ0n) is 10.8. The van der Waals surface area contributed by atoms with Crippen LogP contribution in [0.25, 0.3) is 0 Å². The Labute approximate surface area is 125 Å². The minimum Gasteiger partial charge on any atom is -0.493 e. The van der Waals surface area contributed by atoms with Crippen LogP contribution in [0.3, 0.4) is 0 Å². The number of Topliss-reactive ketones (excluding diaryl/α,β-unsaturated/α-hetero) is 1. The Bertz CT molecular complexity index is 584. The lowest BCUT2D eigenvalue weighted by molar-refractivity contribution is -0.118.